The number of hydrogen-bond acceptors (Lipinski definition) is 2. The molecule has 0 bridgehead atoms. The second kappa shape index (κ2) is 5.25. The van der Waals surface area contributed by atoms with Gasteiger partial charge in [-0.25, -0.2) is 8.78 Å². The molecule has 1 rings (SSSR count). The highest BCUT2D eigenvalue weighted by Gasteiger charge is 2.06. The fourth-order valence-corrected chi connectivity index (χ4v) is 1.14. The first kappa shape index (κ1) is 12.2. The first-order valence-electron chi connectivity index (χ1n) is 4.66. The summed E-state index contributed by atoms with van der Waals surface area (Å²) >= 11 is 0. The Balaban J connectivity index is 2.77. The molecule has 1 aromatic rings. The molecular weight excluding hydrogens is 214 g/mol. The van der Waals surface area contributed by atoms with E-state index >= 15 is 0 Å². The van der Waals surface area contributed by atoms with E-state index in [4.69, 9.17) is 5.73 Å². The highest BCUT2D eigenvalue weighted by Crippen LogP contribution is 2.17. The van der Waals surface area contributed by atoms with Crippen molar-refractivity contribution >= 4 is 17.7 Å². The van der Waals surface area contributed by atoms with E-state index in [-0.39, 0.29) is 23.7 Å². The molecule has 16 heavy (non-hydrogen) atoms. The number of benzene rings is 1. The van der Waals surface area contributed by atoms with Crippen LogP contribution in [0.1, 0.15) is 12.5 Å². The van der Waals surface area contributed by atoms with Gasteiger partial charge in [0.15, 0.2) is 0 Å². The summed E-state index contributed by atoms with van der Waals surface area (Å²) in [5.41, 5.74) is 5.13. The first-order valence-corrected chi connectivity index (χ1v) is 4.66. The number of nitrogen functional groups attached to an aromatic ring is 1. The number of nitrogens with two attached hydrogens (primary N) is 1. The van der Waals surface area contributed by atoms with Gasteiger partial charge in [-0.2, -0.15) is 0 Å². The van der Waals surface area contributed by atoms with Crippen LogP contribution in [-0.2, 0) is 4.79 Å². The van der Waals surface area contributed by atoms with Gasteiger partial charge in [-0.15, -0.1) is 0 Å². The van der Waals surface area contributed by atoms with Gasteiger partial charge in [0.2, 0.25) is 5.91 Å². The normalized spacial score (nSPS) is 10.7. The average Bonchev–Trinajstić information content (AvgIpc) is 2.14. The largest absolute Gasteiger partial charge is 0.399 e. The van der Waals surface area contributed by atoms with Crippen molar-refractivity contribution in [1.29, 1.82) is 0 Å². The smallest absolute Gasteiger partial charge is 0.217 e. The summed E-state index contributed by atoms with van der Waals surface area (Å²) in [6.07, 6.45) is 2.72. The van der Waals surface area contributed by atoms with Crippen LogP contribution in [0.15, 0.2) is 18.2 Å². The molecule has 0 saturated carbocycles. The van der Waals surface area contributed by atoms with Crippen molar-refractivity contribution in [2.24, 2.45) is 0 Å². The SMILES string of the molecule is CC(=O)NCC=Cc1c(F)cc(N)cc1F. The zero-order valence-electron chi connectivity index (χ0n) is 8.76. The zero-order chi connectivity index (χ0) is 12.1. The van der Waals surface area contributed by atoms with Crippen LogP contribution in [0.4, 0.5) is 14.5 Å². The van der Waals surface area contributed by atoms with Gasteiger partial charge < -0.3 is 11.1 Å². The van der Waals surface area contributed by atoms with E-state index in [0.29, 0.717) is 0 Å². The standard InChI is InChI=1S/C11H12F2N2O/c1-7(16)15-4-2-3-9-10(12)5-8(14)6-11(9)13/h2-3,5-6H,4,14H2,1H3,(H,15,16). The molecule has 0 radical (unpaired) electrons. The van der Waals surface area contributed by atoms with Crippen LogP contribution in [0.3, 0.4) is 0 Å². The molecular formula is C11H12F2N2O. The van der Waals surface area contributed by atoms with Crippen molar-refractivity contribution in [3.8, 4) is 0 Å². The van der Waals surface area contributed by atoms with Gasteiger partial charge in [0.1, 0.15) is 11.6 Å². The summed E-state index contributed by atoms with van der Waals surface area (Å²) in [7, 11) is 0. The summed E-state index contributed by atoms with van der Waals surface area (Å²) in [4.78, 5) is 10.5. The highest BCUT2D eigenvalue weighted by atomic mass is 19.1. The van der Waals surface area contributed by atoms with Crippen LogP contribution in [0.2, 0.25) is 0 Å². The van der Waals surface area contributed by atoms with E-state index in [9.17, 15) is 13.6 Å². The highest BCUT2D eigenvalue weighted by molar-refractivity contribution is 5.73. The summed E-state index contributed by atoms with van der Waals surface area (Å²) in [6.45, 7) is 1.58. The quantitative estimate of drug-likeness (QED) is 0.771. The Morgan fingerprint density at radius 3 is 2.50 bits per heavy atom. The molecule has 0 atom stereocenters. The number of amides is 1. The minimum Gasteiger partial charge on any atom is -0.399 e. The van der Waals surface area contributed by atoms with Gasteiger partial charge in [-0.3, -0.25) is 4.79 Å². The second-order valence-corrected chi connectivity index (χ2v) is 3.24. The zero-order valence-corrected chi connectivity index (χ0v) is 8.76. The van der Waals surface area contributed by atoms with E-state index in [1.807, 2.05) is 0 Å². The molecule has 0 aliphatic carbocycles. The molecule has 5 heteroatoms. The summed E-state index contributed by atoms with van der Waals surface area (Å²) in [5.74, 6) is -1.66. The number of carbonyl (C=O) groups is 1. The van der Waals surface area contributed by atoms with Crippen LogP contribution in [0, 0.1) is 11.6 Å². The van der Waals surface area contributed by atoms with E-state index in [1.54, 1.807) is 0 Å². The van der Waals surface area contributed by atoms with Gasteiger partial charge in [0.25, 0.3) is 0 Å². The van der Waals surface area contributed by atoms with Gasteiger partial charge in [-0.1, -0.05) is 12.2 Å². The van der Waals surface area contributed by atoms with Crippen LogP contribution >= 0.6 is 0 Å². The topological polar surface area (TPSA) is 55.1 Å². The number of carbonyl (C=O) groups excluding carboxylic acids is 1. The van der Waals surface area contributed by atoms with E-state index in [2.05, 4.69) is 5.32 Å². The molecule has 1 amide bonds. The Hall–Kier alpha value is -1.91. The van der Waals surface area contributed by atoms with Crippen LogP contribution < -0.4 is 11.1 Å². The number of hydrogen-bond donors (Lipinski definition) is 2. The fourth-order valence-electron chi connectivity index (χ4n) is 1.14. The third-order valence-corrected chi connectivity index (χ3v) is 1.85. The van der Waals surface area contributed by atoms with Gasteiger partial charge in [-0.05, 0) is 12.1 Å². The lowest BCUT2D eigenvalue weighted by Crippen LogP contribution is -2.19. The van der Waals surface area contributed by atoms with Crippen LogP contribution in [0.5, 0.6) is 0 Å². The van der Waals surface area contributed by atoms with E-state index in [1.165, 1.54) is 19.1 Å². The second-order valence-electron chi connectivity index (χ2n) is 3.24. The molecule has 0 aromatic heterocycles. The molecule has 0 heterocycles. The maximum atomic E-state index is 13.2. The Kier molecular flexibility index (Phi) is 3.99. The Morgan fingerprint density at radius 1 is 1.44 bits per heavy atom. The van der Waals surface area contributed by atoms with Crippen molar-refractivity contribution in [3.05, 3.63) is 35.4 Å². The van der Waals surface area contributed by atoms with Crippen LogP contribution in [0.25, 0.3) is 6.08 Å². The van der Waals surface area contributed by atoms with Crippen molar-refractivity contribution in [1.82, 2.24) is 5.32 Å². The summed E-state index contributed by atoms with van der Waals surface area (Å²) in [6, 6.07) is 2.09. The Bertz CT molecular complexity index is 407. The lowest BCUT2D eigenvalue weighted by molar-refractivity contribution is -0.118. The van der Waals surface area contributed by atoms with E-state index < -0.39 is 11.6 Å². The van der Waals surface area contributed by atoms with Gasteiger partial charge in [0, 0.05) is 24.7 Å². The first-order chi connectivity index (χ1) is 7.50. The maximum Gasteiger partial charge on any atom is 0.217 e. The lowest BCUT2D eigenvalue weighted by Gasteiger charge is -2.01. The fraction of sp³-hybridized carbons (Fsp3) is 0.182. The third-order valence-electron chi connectivity index (χ3n) is 1.85. The van der Waals surface area contributed by atoms with Crippen molar-refractivity contribution in [3.63, 3.8) is 0 Å². The predicted octanol–water partition coefficient (Wildman–Crippen LogP) is 1.70. The molecule has 1 aromatic carbocycles. The molecule has 3 nitrogen and oxygen atoms in total. The van der Waals surface area contributed by atoms with E-state index in [0.717, 1.165) is 12.1 Å². The van der Waals surface area contributed by atoms with Gasteiger partial charge in [0.05, 0.1) is 0 Å². The molecule has 0 aliphatic rings. The maximum absolute atomic E-state index is 13.2. The number of rotatable bonds is 3. The lowest BCUT2D eigenvalue weighted by atomic mass is 10.1. The Labute approximate surface area is 91.9 Å². The number of anilines is 1. The predicted molar refractivity (Wildman–Crippen MR) is 58.5 cm³/mol. The minimum atomic E-state index is -0.725. The number of halogens is 2. The van der Waals surface area contributed by atoms with Crippen molar-refractivity contribution in [2.45, 2.75) is 6.92 Å². The number of nitrogens with one attached hydrogen (secondary N) is 1. The van der Waals surface area contributed by atoms with Crippen LogP contribution in [-0.4, -0.2) is 12.5 Å². The molecule has 0 aliphatic heterocycles. The molecule has 86 valence electrons. The molecule has 0 fully saturated rings. The average molecular weight is 226 g/mol. The summed E-state index contributed by atoms with van der Waals surface area (Å²) in [5, 5.41) is 2.47. The monoisotopic (exact) mass is 226 g/mol. The molecule has 3 N–H and O–H groups in total. The third kappa shape index (κ3) is 3.34. The minimum absolute atomic E-state index is 0.0361. The molecule has 0 spiro atoms. The summed E-state index contributed by atoms with van der Waals surface area (Å²) < 4.78 is 26.5. The van der Waals surface area contributed by atoms with Crippen molar-refractivity contribution in [2.75, 3.05) is 12.3 Å². The Morgan fingerprint density at radius 2 is 2.00 bits per heavy atom. The van der Waals surface area contributed by atoms with Crippen molar-refractivity contribution < 1.29 is 13.6 Å². The van der Waals surface area contributed by atoms with Gasteiger partial charge >= 0.3 is 0 Å². The molecule has 0 saturated heterocycles. The molecule has 0 unspecified atom stereocenters.